The van der Waals surface area contributed by atoms with Crippen LogP contribution in [0, 0.1) is 12.3 Å². The highest BCUT2D eigenvalue weighted by Gasteiger charge is 2.22. The molecule has 0 saturated carbocycles. The zero-order valence-electron chi connectivity index (χ0n) is 14.0. The molecule has 0 radical (unpaired) electrons. The molecule has 1 aromatic carbocycles. The van der Waals surface area contributed by atoms with Crippen molar-refractivity contribution in [3.63, 3.8) is 0 Å². The smallest absolute Gasteiger partial charge is 0.387 e. The molecule has 1 rings (SSSR count). The third kappa shape index (κ3) is 6.28. The van der Waals surface area contributed by atoms with E-state index in [1.54, 1.807) is 19.1 Å². The number of aliphatic hydroxyl groups excluding tert-OH is 1. The zero-order chi connectivity index (χ0) is 16.9. The van der Waals surface area contributed by atoms with Crippen LogP contribution in [0.2, 0.25) is 0 Å². The van der Waals surface area contributed by atoms with E-state index < -0.39 is 6.61 Å². The van der Waals surface area contributed by atoms with E-state index >= 15 is 0 Å². The van der Waals surface area contributed by atoms with Gasteiger partial charge in [0.2, 0.25) is 0 Å². The third-order valence-electron chi connectivity index (χ3n) is 3.58. The molecule has 0 aliphatic rings. The number of hydrogen-bond acceptors (Lipinski definition) is 3. The Kier molecular flexibility index (Phi) is 6.75. The van der Waals surface area contributed by atoms with Crippen LogP contribution in [0.25, 0.3) is 0 Å². The standard InChI is InChI=1S/C17H27F2NO2/c1-11-6-7-15(22-16(18)19)14(8-11)13(3)20-10-17(4,5)9-12(2)21/h6-8,12-13,16,20-21H,9-10H2,1-5H3. The summed E-state index contributed by atoms with van der Waals surface area (Å²) in [6.07, 6.45) is 0.296. The van der Waals surface area contributed by atoms with Crippen molar-refractivity contribution < 1.29 is 18.6 Å². The van der Waals surface area contributed by atoms with Crippen molar-refractivity contribution in [2.45, 2.75) is 59.8 Å². The maximum atomic E-state index is 12.5. The number of alkyl halides is 2. The Hall–Kier alpha value is -1.20. The van der Waals surface area contributed by atoms with Gasteiger partial charge in [-0.3, -0.25) is 0 Å². The molecule has 0 saturated heterocycles. The minimum atomic E-state index is -2.83. The number of benzene rings is 1. The minimum Gasteiger partial charge on any atom is -0.434 e. The number of aryl methyl sites for hydroxylation is 1. The van der Waals surface area contributed by atoms with E-state index in [2.05, 4.69) is 23.9 Å². The molecule has 0 aliphatic heterocycles. The van der Waals surface area contributed by atoms with Gasteiger partial charge in [-0.15, -0.1) is 0 Å². The third-order valence-corrected chi connectivity index (χ3v) is 3.58. The fraction of sp³-hybridized carbons (Fsp3) is 0.647. The van der Waals surface area contributed by atoms with Gasteiger partial charge >= 0.3 is 6.61 Å². The van der Waals surface area contributed by atoms with Crippen molar-refractivity contribution in [2.24, 2.45) is 5.41 Å². The zero-order valence-corrected chi connectivity index (χ0v) is 14.0. The van der Waals surface area contributed by atoms with Crippen LogP contribution in [-0.4, -0.2) is 24.4 Å². The Bertz CT molecular complexity index is 476. The van der Waals surface area contributed by atoms with Crippen molar-refractivity contribution in [3.8, 4) is 5.75 Å². The molecule has 0 aliphatic carbocycles. The number of nitrogens with one attached hydrogen (secondary N) is 1. The average Bonchev–Trinajstić information content (AvgIpc) is 2.36. The fourth-order valence-electron chi connectivity index (χ4n) is 2.62. The highest BCUT2D eigenvalue weighted by Crippen LogP contribution is 2.29. The Labute approximate surface area is 131 Å². The molecule has 2 N–H and O–H groups in total. The van der Waals surface area contributed by atoms with E-state index in [0.29, 0.717) is 18.5 Å². The summed E-state index contributed by atoms with van der Waals surface area (Å²) in [5.41, 5.74) is 1.62. The van der Waals surface area contributed by atoms with E-state index in [0.717, 1.165) is 5.56 Å². The molecule has 1 aromatic rings. The first-order valence-corrected chi connectivity index (χ1v) is 7.57. The normalized spacial score (nSPS) is 15.0. The van der Waals surface area contributed by atoms with Crippen molar-refractivity contribution in [2.75, 3.05) is 6.54 Å². The predicted octanol–water partition coefficient (Wildman–Crippen LogP) is 4.04. The second-order valence-corrected chi connectivity index (χ2v) is 6.74. The van der Waals surface area contributed by atoms with Crippen molar-refractivity contribution >= 4 is 0 Å². The van der Waals surface area contributed by atoms with E-state index in [1.165, 1.54) is 0 Å². The SMILES string of the molecule is Cc1ccc(OC(F)F)c(C(C)NCC(C)(C)CC(C)O)c1. The Morgan fingerprint density at radius 1 is 1.27 bits per heavy atom. The van der Waals surface area contributed by atoms with Gasteiger partial charge in [-0.2, -0.15) is 8.78 Å². The predicted molar refractivity (Wildman–Crippen MR) is 84.3 cm³/mol. The number of halogens is 2. The molecule has 5 heteroatoms. The fourth-order valence-corrected chi connectivity index (χ4v) is 2.62. The summed E-state index contributed by atoms with van der Waals surface area (Å²) in [6.45, 7) is 7.56. The molecule has 0 aromatic heterocycles. The van der Waals surface area contributed by atoms with Gasteiger partial charge < -0.3 is 15.2 Å². The molecule has 126 valence electrons. The molecule has 0 heterocycles. The monoisotopic (exact) mass is 315 g/mol. The first-order valence-electron chi connectivity index (χ1n) is 7.57. The molecule has 0 spiro atoms. The Morgan fingerprint density at radius 3 is 2.45 bits per heavy atom. The topological polar surface area (TPSA) is 41.5 Å². The van der Waals surface area contributed by atoms with E-state index in [-0.39, 0.29) is 23.3 Å². The molecule has 2 atom stereocenters. The summed E-state index contributed by atoms with van der Waals surface area (Å²) in [5.74, 6) is 0.203. The number of ether oxygens (including phenoxy) is 1. The van der Waals surface area contributed by atoms with Gasteiger partial charge in [0.15, 0.2) is 0 Å². The summed E-state index contributed by atoms with van der Waals surface area (Å²) in [6, 6.07) is 5.07. The molecule has 0 amide bonds. The van der Waals surface area contributed by atoms with Crippen LogP contribution in [-0.2, 0) is 0 Å². The van der Waals surface area contributed by atoms with Crippen molar-refractivity contribution in [1.82, 2.24) is 5.32 Å². The summed E-state index contributed by atoms with van der Waals surface area (Å²) in [4.78, 5) is 0. The van der Waals surface area contributed by atoms with Crippen LogP contribution in [0.4, 0.5) is 8.78 Å². The minimum absolute atomic E-state index is 0.0873. The maximum Gasteiger partial charge on any atom is 0.387 e. The summed E-state index contributed by atoms with van der Waals surface area (Å²) < 4.78 is 29.6. The highest BCUT2D eigenvalue weighted by molar-refractivity contribution is 5.39. The molecule has 3 nitrogen and oxygen atoms in total. The quantitative estimate of drug-likeness (QED) is 0.760. The van der Waals surface area contributed by atoms with E-state index in [9.17, 15) is 13.9 Å². The lowest BCUT2D eigenvalue weighted by Gasteiger charge is -2.29. The van der Waals surface area contributed by atoms with Crippen LogP contribution in [0.3, 0.4) is 0 Å². The summed E-state index contributed by atoms with van der Waals surface area (Å²) in [5, 5.41) is 12.9. The van der Waals surface area contributed by atoms with Gasteiger partial charge in [0.05, 0.1) is 6.10 Å². The van der Waals surface area contributed by atoms with Crippen LogP contribution in [0.15, 0.2) is 18.2 Å². The lowest BCUT2D eigenvalue weighted by atomic mass is 9.86. The van der Waals surface area contributed by atoms with Crippen LogP contribution >= 0.6 is 0 Å². The summed E-state index contributed by atoms with van der Waals surface area (Å²) in [7, 11) is 0. The molecule has 22 heavy (non-hydrogen) atoms. The average molecular weight is 315 g/mol. The van der Waals surface area contributed by atoms with Crippen LogP contribution in [0.1, 0.15) is 51.3 Å². The van der Waals surface area contributed by atoms with E-state index in [1.807, 2.05) is 19.9 Å². The Balaban J connectivity index is 2.80. The van der Waals surface area contributed by atoms with Gasteiger partial charge in [0.25, 0.3) is 0 Å². The van der Waals surface area contributed by atoms with Gasteiger partial charge in [-0.25, -0.2) is 0 Å². The van der Waals surface area contributed by atoms with Crippen LogP contribution < -0.4 is 10.1 Å². The van der Waals surface area contributed by atoms with E-state index in [4.69, 9.17) is 0 Å². The van der Waals surface area contributed by atoms with Gasteiger partial charge in [-0.1, -0.05) is 31.5 Å². The second kappa shape index (κ2) is 7.88. The van der Waals surface area contributed by atoms with Crippen molar-refractivity contribution in [1.29, 1.82) is 0 Å². The Morgan fingerprint density at radius 2 is 1.91 bits per heavy atom. The van der Waals surface area contributed by atoms with Gasteiger partial charge in [-0.05, 0) is 38.7 Å². The lowest BCUT2D eigenvalue weighted by Crippen LogP contribution is -2.33. The number of hydrogen-bond donors (Lipinski definition) is 2. The largest absolute Gasteiger partial charge is 0.434 e. The van der Waals surface area contributed by atoms with Gasteiger partial charge in [0.1, 0.15) is 5.75 Å². The first-order chi connectivity index (χ1) is 10.1. The van der Waals surface area contributed by atoms with Crippen LogP contribution in [0.5, 0.6) is 5.75 Å². The number of aliphatic hydroxyl groups is 1. The molecular formula is C17H27F2NO2. The van der Waals surface area contributed by atoms with Gasteiger partial charge in [0, 0.05) is 18.2 Å². The highest BCUT2D eigenvalue weighted by atomic mass is 19.3. The molecule has 2 unspecified atom stereocenters. The molecule has 0 fully saturated rings. The second-order valence-electron chi connectivity index (χ2n) is 6.74. The maximum absolute atomic E-state index is 12.5. The summed E-state index contributed by atoms with van der Waals surface area (Å²) >= 11 is 0. The first kappa shape index (κ1) is 18.8. The van der Waals surface area contributed by atoms with Crippen molar-refractivity contribution in [3.05, 3.63) is 29.3 Å². The lowest BCUT2D eigenvalue weighted by molar-refractivity contribution is -0.0507. The molecular weight excluding hydrogens is 288 g/mol. The number of rotatable bonds is 8. The molecule has 0 bridgehead atoms.